The van der Waals surface area contributed by atoms with Gasteiger partial charge < -0.3 is 28.1 Å². The topological polar surface area (TPSA) is 26.2 Å². The van der Waals surface area contributed by atoms with Gasteiger partial charge in [0.1, 0.15) is 0 Å². The van der Waals surface area contributed by atoms with Crippen LogP contribution in [0.25, 0.3) is 154 Å². The number of nitrogens with zero attached hydrogens (tertiary/aromatic N) is 6. The van der Waals surface area contributed by atoms with Crippen molar-refractivity contribution in [1.82, 2.24) is 18.3 Å². The van der Waals surface area contributed by atoms with Crippen molar-refractivity contribution in [2.24, 2.45) is 0 Å². The number of anilines is 6. The highest BCUT2D eigenvalue weighted by Gasteiger charge is 2.46. The summed E-state index contributed by atoms with van der Waals surface area (Å²) in [6, 6.07) is 144. The van der Waals surface area contributed by atoms with Crippen molar-refractivity contribution < 1.29 is 0 Å². The fraction of sp³-hybridized carbons (Fsp3) is 0.0467. The van der Waals surface area contributed by atoms with Crippen LogP contribution in [0.4, 0.5) is 34.1 Å². The van der Waals surface area contributed by atoms with Crippen LogP contribution in [0, 0.1) is 6.92 Å². The van der Waals surface area contributed by atoms with Gasteiger partial charge in [-0.2, -0.15) is 0 Å². The lowest BCUT2D eigenvalue weighted by atomic mass is 9.33. The minimum absolute atomic E-state index is 0.199. The number of hydrogen-bond donors (Lipinski definition) is 0. The molecule has 2 aliphatic rings. The van der Waals surface area contributed by atoms with E-state index in [0.29, 0.717) is 0 Å². The normalized spacial score (nSPS) is 12.7. The molecule has 0 saturated heterocycles. The van der Waals surface area contributed by atoms with E-state index in [1.807, 2.05) is 0 Å². The largest absolute Gasteiger partial charge is 0.311 e. The molecule has 6 nitrogen and oxygen atoms in total. The van der Waals surface area contributed by atoms with Gasteiger partial charge in [0.05, 0.1) is 78.3 Å². The summed E-state index contributed by atoms with van der Waals surface area (Å²) in [6.07, 6.45) is 0. The van der Waals surface area contributed by atoms with Crippen LogP contribution in [0.3, 0.4) is 0 Å². The maximum atomic E-state index is 2.68. The van der Waals surface area contributed by atoms with E-state index in [9.17, 15) is 0 Å². The fourth-order valence-corrected chi connectivity index (χ4v) is 19.6. The summed E-state index contributed by atoms with van der Waals surface area (Å²) in [5.41, 5.74) is 35.1. The Morgan fingerprint density at radius 3 is 0.991 bits per heavy atom. The molecular formula is C107H75BN6. The second kappa shape index (κ2) is 25.3. The molecule has 0 atom stereocenters. The first-order chi connectivity index (χ1) is 56.2. The van der Waals surface area contributed by atoms with E-state index in [1.165, 1.54) is 70.6 Å². The number of hydrogen-bond acceptors (Lipinski definition) is 2. The average Bonchev–Trinajstić information content (AvgIpc) is 0.909. The molecule has 0 radical (unpaired) electrons. The highest BCUT2D eigenvalue weighted by molar-refractivity contribution is 7.00. The molecule has 536 valence electrons. The Kier molecular flexibility index (Phi) is 14.5. The molecule has 7 heteroatoms. The summed E-state index contributed by atoms with van der Waals surface area (Å²) in [5, 5.41) is 9.66. The summed E-state index contributed by atoms with van der Waals surface area (Å²) in [7, 11) is 0. The zero-order chi connectivity index (χ0) is 75.6. The summed E-state index contributed by atoms with van der Waals surface area (Å²) in [6.45, 7) is 9.13. The molecule has 0 saturated carbocycles. The van der Waals surface area contributed by atoms with E-state index in [2.05, 4.69) is 438 Å². The van der Waals surface area contributed by atoms with Gasteiger partial charge in [0, 0.05) is 88.1 Å². The van der Waals surface area contributed by atoms with Gasteiger partial charge in [-0.05, 0) is 153 Å². The molecule has 0 fully saturated rings. The van der Waals surface area contributed by atoms with Crippen LogP contribution in [-0.4, -0.2) is 25.0 Å². The Labute approximate surface area is 661 Å². The maximum absolute atomic E-state index is 2.68. The minimum Gasteiger partial charge on any atom is -0.311 e. The third-order valence-corrected chi connectivity index (χ3v) is 24.6. The smallest absolute Gasteiger partial charge is 0.252 e. The second-order valence-corrected chi connectivity index (χ2v) is 31.9. The summed E-state index contributed by atoms with van der Waals surface area (Å²) in [4.78, 5) is 5.33. The molecule has 21 aromatic rings. The first-order valence-corrected chi connectivity index (χ1v) is 39.8. The van der Waals surface area contributed by atoms with E-state index in [0.717, 1.165) is 146 Å². The molecule has 0 amide bonds. The number of rotatable bonds is 10. The Morgan fingerprint density at radius 2 is 0.553 bits per heavy atom. The SMILES string of the molecule is Cc1ccc(-c2ccc3c(c2)N(c2ccccc2-c2ccccc2)c2cc(-c4cccc(-n5c6ccccc6c6ccccc65)c4-n4c5ccccc5c5ccccc54)cc4c2B3c2ccc(C(C)(C)C)cc2N4c2ccccc2-c2ccccc2)c(-n2c3ccccc3c3ccccc32)c1-n1c2ccccc2c2ccccc21. The van der Waals surface area contributed by atoms with Gasteiger partial charge in [-0.15, -0.1) is 0 Å². The van der Waals surface area contributed by atoms with Gasteiger partial charge in [-0.1, -0.05) is 312 Å². The van der Waals surface area contributed by atoms with Crippen LogP contribution in [0.1, 0.15) is 31.9 Å². The molecule has 0 aliphatic carbocycles. The van der Waals surface area contributed by atoms with Crippen molar-refractivity contribution in [2.75, 3.05) is 9.80 Å². The van der Waals surface area contributed by atoms with E-state index in [1.54, 1.807) is 0 Å². The Bertz CT molecular complexity index is 7360. The predicted octanol–water partition coefficient (Wildman–Crippen LogP) is 26.4. The first kappa shape index (κ1) is 65.5. The highest BCUT2D eigenvalue weighted by Crippen LogP contribution is 2.54. The molecule has 4 aromatic heterocycles. The molecule has 0 bridgehead atoms. The Morgan fingerprint density at radius 1 is 0.219 bits per heavy atom. The van der Waals surface area contributed by atoms with Crippen molar-refractivity contribution in [3.05, 3.63) is 393 Å². The molecule has 0 spiro atoms. The molecule has 114 heavy (non-hydrogen) atoms. The van der Waals surface area contributed by atoms with E-state index >= 15 is 0 Å². The van der Waals surface area contributed by atoms with E-state index < -0.39 is 0 Å². The van der Waals surface area contributed by atoms with Crippen LogP contribution in [-0.2, 0) is 5.41 Å². The number of aryl methyl sites for hydroxylation is 1. The second-order valence-electron chi connectivity index (χ2n) is 31.9. The molecule has 0 unspecified atom stereocenters. The Balaban J connectivity index is 0.885. The molecule has 0 N–H and O–H groups in total. The van der Waals surface area contributed by atoms with Crippen LogP contribution in [0.2, 0.25) is 0 Å². The quantitative estimate of drug-likeness (QED) is 0.128. The third-order valence-electron chi connectivity index (χ3n) is 24.6. The van der Waals surface area contributed by atoms with Crippen molar-refractivity contribution in [3.63, 3.8) is 0 Å². The van der Waals surface area contributed by atoms with Gasteiger partial charge in [0.2, 0.25) is 0 Å². The van der Waals surface area contributed by atoms with Crippen LogP contribution >= 0.6 is 0 Å². The van der Waals surface area contributed by atoms with Crippen molar-refractivity contribution in [3.8, 4) is 67.3 Å². The predicted molar refractivity (Wildman–Crippen MR) is 483 cm³/mol. The molecule has 6 heterocycles. The van der Waals surface area contributed by atoms with Gasteiger partial charge in [0.15, 0.2) is 0 Å². The van der Waals surface area contributed by atoms with Crippen LogP contribution in [0.5, 0.6) is 0 Å². The number of fused-ring (bicyclic) bond motifs is 16. The third kappa shape index (κ3) is 9.69. The summed E-state index contributed by atoms with van der Waals surface area (Å²) >= 11 is 0. The van der Waals surface area contributed by atoms with Crippen LogP contribution < -0.4 is 26.2 Å². The van der Waals surface area contributed by atoms with Crippen LogP contribution in [0.15, 0.2) is 382 Å². The van der Waals surface area contributed by atoms with Gasteiger partial charge in [0.25, 0.3) is 6.71 Å². The van der Waals surface area contributed by atoms with Gasteiger partial charge in [-0.25, -0.2) is 0 Å². The molecule has 2 aliphatic heterocycles. The lowest BCUT2D eigenvalue weighted by molar-refractivity contribution is 0.590. The maximum Gasteiger partial charge on any atom is 0.252 e. The zero-order valence-electron chi connectivity index (χ0n) is 63.6. The number of para-hydroxylation sites is 11. The number of aromatic nitrogens is 4. The Hall–Kier alpha value is -14.4. The van der Waals surface area contributed by atoms with Crippen molar-refractivity contribution in [1.29, 1.82) is 0 Å². The zero-order valence-corrected chi connectivity index (χ0v) is 63.6. The average molecular weight is 1460 g/mol. The van der Waals surface area contributed by atoms with Crippen molar-refractivity contribution in [2.45, 2.75) is 33.1 Å². The highest BCUT2D eigenvalue weighted by atomic mass is 15.2. The summed E-state index contributed by atoms with van der Waals surface area (Å²) < 4.78 is 10.2. The lowest BCUT2D eigenvalue weighted by Gasteiger charge is -2.45. The van der Waals surface area contributed by atoms with Gasteiger partial charge >= 0.3 is 0 Å². The fourth-order valence-electron chi connectivity index (χ4n) is 19.6. The molecular weight excluding hydrogens is 1380 g/mol. The number of benzene rings is 17. The summed E-state index contributed by atoms with van der Waals surface area (Å²) in [5.74, 6) is 0. The van der Waals surface area contributed by atoms with Crippen molar-refractivity contribution >= 4 is 144 Å². The van der Waals surface area contributed by atoms with E-state index in [4.69, 9.17) is 0 Å². The monoisotopic (exact) mass is 1450 g/mol. The van der Waals surface area contributed by atoms with E-state index in [-0.39, 0.29) is 12.1 Å². The lowest BCUT2D eigenvalue weighted by Crippen LogP contribution is -2.61. The molecule has 17 aromatic carbocycles. The van der Waals surface area contributed by atoms with Gasteiger partial charge in [-0.3, -0.25) is 0 Å². The first-order valence-electron chi connectivity index (χ1n) is 39.8. The minimum atomic E-state index is -0.249. The molecule has 23 rings (SSSR count). The standard InChI is InChI=1S/C107H75BN6/c1-68-58-61-77(106(114-96-55-29-19-44-84(96)85-45-20-30-56-97(85)114)104(68)112-92-51-25-15-40-80(92)81-41-16-26-52-93(81)112)71-59-62-86-99(64-71)110(88-47-21-11-36-74(88)69-32-7-5-8-33-69)101-65-72(66-102-103(101)108(86)87-63-60-73(107(2,3)4)67-100(87)111(102)89-48-22-12-37-75(89)70-34-9-6-10-35-70)76-46-31-57-98(109-90-49-23-13-38-78(90)79-39-14-24-50-91(79)109)105(76)113-94-53-27-17-42-82(94)83-43-18-28-54-95(83)113/h5-67H,1-4H3.